The Balaban J connectivity index is 1.59. The van der Waals surface area contributed by atoms with Gasteiger partial charge in [-0.25, -0.2) is 9.79 Å². The van der Waals surface area contributed by atoms with Gasteiger partial charge in [0.15, 0.2) is 0 Å². The van der Waals surface area contributed by atoms with Gasteiger partial charge in [0.2, 0.25) is 0 Å². The molecular weight excluding hydrogens is 372 g/mol. The zero-order valence-corrected chi connectivity index (χ0v) is 16.6. The monoisotopic (exact) mass is 396 g/mol. The molecule has 4 N–H and O–H groups in total. The van der Waals surface area contributed by atoms with Gasteiger partial charge in [-0.3, -0.25) is 0 Å². The third kappa shape index (κ3) is 3.89. The molecule has 1 amide bonds. The smallest absolute Gasteiger partial charge is 0.407 e. The predicted octanol–water partition coefficient (Wildman–Crippen LogP) is 4.65. The second kappa shape index (κ2) is 8.06. The number of carbonyl (C=O) groups excluding carboxylic acids is 1. The van der Waals surface area contributed by atoms with Gasteiger partial charge in [-0.05, 0) is 60.4 Å². The fourth-order valence-electron chi connectivity index (χ4n) is 3.98. The molecule has 1 fully saturated rings. The van der Waals surface area contributed by atoms with Crippen molar-refractivity contribution in [3.8, 4) is 0 Å². The Bertz CT molecular complexity index is 993. The quantitative estimate of drug-likeness (QED) is 0.443. The molecule has 1 saturated carbocycles. The first kappa shape index (κ1) is 18.6. The van der Waals surface area contributed by atoms with E-state index in [1.807, 2.05) is 29.6 Å². The van der Waals surface area contributed by atoms with E-state index in [0.29, 0.717) is 11.8 Å². The summed E-state index contributed by atoms with van der Waals surface area (Å²) in [5.74, 6) is 0.921. The maximum absolute atomic E-state index is 11.6. The molecule has 2 atom stereocenters. The van der Waals surface area contributed by atoms with Gasteiger partial charge in [-0.1, -0.05) is 12.5 Å². The number of aromatic nitrogens is 1. The van der Waals surface area contributed by atoms with E-state index in [9.17, 15) is 4.79 Å². The van der Waals surface area contributed by atoms with Crippen LogP contribution < -0.4 is 11.1 Å². The summed E-state index contributed by atoms with van der Waals surface area (Å²) in [6.07, 6.45) is 5.82. The number of carbonyl (C=O) groups is 1. The van der Waals surface area contributed by atoms with E-state index >= 15 is 0 Å². The van der Waals surface area contributed by atoms with E-state index < -0.39 is 0 Å². The number of rotatable bonds is 4. The van der Waals surface area contributed by atoms with Crippen molar-refractivity contribution in [3.05, 3.63) is 52.3 Å². The number of thiophene rings is 1. The first-order valence-electron chi connectivity index (χ1n) is 9.47. The van der Waals surface area contributed by atoms with E-state index in [4.69, 9.17) is 10.5 Å². The van der Waals surface area contributed by atoms with Crippen LogP contribution in [0.1, 0.15) is 42.0 Å². The van der Waals surface area contributed by atoms with Crippen molar-refractivity contribution in [3.63, 3.8) is 0 Å². The minimum atomic E-state index is -0.356. The first-order valence-corrected chi connectivity index (χ1v) is 10.4. The normalized spacial score (nSPS) is 20.2. The van der Waals surface area contributed by atoms with E-state index in [0.717, 1.165) is 41.8 Å². The Morgan fingerprint density at radius 1 is 1.36 bits per heavy atom. The number of aromatic amines is 1. The molecular formula is C21H24N4O2S. The van der Waals surface area contributed by atoms with Crippen LogP contribution in [-0.2, 0) is 4.74 Å². The first-order chi connectivity index (χ1) is 13.6. The summed E-state index contributed by atoms with van der Waals surface area (Å²) in [7, 11) is 1.40. The van der Waals surface area contributed by atoms with Crippen LogP contribution in [0, 0.1) is 0 Å². The maximum Gasteiger partial charge on any atom is 0.407 e. The lowest BCUT2D eigenvalue weighted by Crippen LogP contribution is -2.37. The summed E-state index contributed by atoms with van der Waals surface area (Å²) in [6.45, 7) is 0. The predicted molar refractivity (Wildman–Crippen MR) is 114 cm³/mol. The molecule has 2 unspecified atom stereocenters. The number of ether oxygens (including phenoxy) is 1. The minimum absolute atomic E-state index is 0.145. The number of methoxy groups -OCH3 is 1. The maximum atomic E-state index is 11.6. The van der Waals surface area contributed by atoms with Crippen LogP contribution in [-0.4, -0.2) is 30.1 Å². The Morgan fingerprint density at radius 2 is 2.25 bits per heavy atom. The van der Waals surface area contributed by atoms with Crippen molar-refractivity contribution in [2.75, 3.05) is 7.11 Å². The Hall–Kier alpha value is -2.80. The lowest BCUT2D eigenvalue weighted by Gasteiger charge is -2.29. The third-order valence-electron chi connectivity index (χ3n) is 5.34. The molecule has 146 valence electrons. The highest BCUT2D eigenvalue weighted by Gasteiger charge is 2.26. The molecule has 28 heavy (non-hydrogen) atoms. The van der Waals surface area contributed by atoms with Crippen LogP contribution in [0.4, 0.5) is 10.5 Å². The SMILES string of the molecule is COC(=O)NC1CCCC(c2c[nH]c3ccc(N=C(N)c4cccs4)cc23)C1. The van der Waals surface area contributed by atoms with Crippen LogP contribution in [0.5, 0.6) is 0 Å². The molecule has 0 bridgehead atoms. The zero-order valence-electron chi connectivity index (χ0n) is 15.8. The molecule has 6 nitrogen and oxygen atoms in total. The molecule has 1 aliphatic rings. The largest absolute Gasteiger partial charge is 0.453 e. The number of fused-ring (bicyclic) bond motifs is 1. The summed E-state index contributed by atoms with van der Waals surface area (Å²) < 4.78 is 4.75. The van der Waals surface area contributed by atoms with Gasteiger partial charge in [0, 0.05) is 23.1 Å². The Kier molecular flexibility index (Phi) is 5.34. The summed E-state index contributed by atoms with van der Waals surface area (Å²) in [6, 6.07) is 10.2. The minimum Gasteiger partial charge on any atom is -0.453 e. The number of nitrogens with two attached hydrogens (primary N) is 1. The van der Waals surface area contributed by atoms with Crippen LogP contribution in [0.3, 0.4) is 0 Å². The van der Waals surface area contributed by atoms with Crippen molar-refractivity contribution < 1.29 is 9.53 Å². The molecule has 3 aromatic rings. The lowest BCUT2D eigenvalue weighted by molar-refractivity contribution is 0.162. The summed E-state index contributed by atoms with van der Waals surface area (Å²) in [4.78, 5) is 20.5. The average Bonchev–Trinajstić information content (AvgIpc) is 3.38. The second-order valence-electron chi connectivity index (χ2n) is 7.14. The van der Waals surface area contributed by atoms with Crippen molar-refractivity contribution in [2.45, 2.75) is 37.6 Å². The van der Waals surface area contributed by atoms with Crippen molar-refractivity contribution >= 4 is 39.9 Å². The number of H-pyrrole nitrogens is 1. The highest BCUT2D eigenvalue weighted by atomic mass is 32.1. The van der Waals surface area contributed by atoms with Crippen LogP contribution in [0.2, 0.25) is 0 Å². The molecule has 7 heteroatoms. The van der Waals surface area contributed by atoms with E-state index in [1.165, 1.54) is 18.1 Å². The van der Waals surface area contributed by atoms with Gasteiger partial charge in [-0.15, -0.1) is 11.3 Å². The van der Waals surface area contributed by atoms with Gasteiger partial charge < -0.3 is 20.8 Å². The molecule has 1 aliphatic carbocycles. The van der Waals surface area contributed by atoms with Crippen LogP contribution in [0.25, 0.3) is 10.9 Å². The number of aliphatic imine (C=N–C) groups is 1. The molecule has 1 aromatic carbocycles. The van der Waals surface area contributed by atoms with E-state index in [1.54, 1.807) is 11.3 Å². The molecule has 2 heterocycles. The summed E-state index contributed by atoms with van der Waals surface area (Å²) in [5.41, 5.74) is 9.36. The molecule has 0 saturated heterocycles. The fraction of sp³-hybridized carbons (Fsp3) is 0.333. The van der Waals surface area contributed by atoms with Gasteiger partial charge in [0.25, 0.3) is 0 Å². The number of amides is 1. The molecule has 0 spiro atoms. The topological polar surface area (TPSA) is 92.5 Å². The highest BCUT2D eigenvalue weighted by Crippen LogP contribution is 2.37. The fourth-order valence-corrected chi connectivity index (χ4v) is 4.61. The third-order valence-corrected chi connectivity index (χ3v) is 6.23. The highest BCUT2D eigenvalue weighted by molar-refractivity contribution is 7.12. The average molecular weight is 397 g/mol. The number of hydrogen-bond donors (Lipinski definition) is 3. The second-order valence-corrected chi connectivity index (χ2v) is 8.09. The van der Waals surface area contributed by atoms with E-state index in [-0.39, 0.29) is 12.1 Å². The Labute approximate surface area is 167 Å². The lowest BCUT2D eigenvalue weighted by atomic mass is 9.81. The van der Waals surface area contributed by atoms with Gasteiger partial charge >= 0.3 is 6.09 Å². The summed E-state index contributed by atoms with van der Waals surface area (Å²) >= 11 is 1.58. The number of benzene rings is 1. The number of nitrogens with zero attached hydrogens (tertiary/aromatic N) is 1. The molecule has 0 aliphatic heterocycles. The van der Waals surface area contributed by atoms with Crippen molar-refractivity contribution in [1.82, 2.24) is 10.3 Å². The van der Waals surface area contributed by atoms with Crippen LogP contribution in [0.15, 0.2) is 46.9 Å². The number of hydrogen-bond acceptors (Lipinski definition) is 4. The Morgan fingerprint density at radius 3 is 3.04 bits per heavy atom. The number of amidine groups is 1. The van der Waals surface area contributed by atoms with Crippen LogP contribution >= 0.6 is 11.3 Å². The van der Waals surface area contributed by atoms with Crippen molar-refractivity contribution in [1.29, 1.82) is 0 Å². The molecule has 4 rings (SSSR count). The van der Waals surface area contributed by atoms with Gasteiger partial charge in [0.1, 0.15) is 5.84 Å². The zero-order chi connectivity index (χ0) is 19.5. The molecule has 2 aromatic heterocycles. The number of nitrogens with one attached hydrogen (secondary N) is 2. The van der Waals surface area contributed by atoms with E-state index in [2.05, 4.69) is 27.6 Å². The van der Waals surface area contributed by atoms with Gasteiger partial charge in [-0.2, -0.15) is 0 Å². The van der Waals surface area contributed by atoms with Crippen molar-refractivity contribution in [2.24, 2.45) is 10.7 Å². The number of alkyl carbamates (subject to hydrolysis) is 1. The summed E-state index contributed by atoms with van der Waals surface area (Å²) in [5, 5.41) is 6.12. The van der Waals surface area contributed by atoms with Gasteiger partial charge in [0.05, 0.1) is 17.7 Å². The molecule has 0 radical (unpaired) electrons. The standard InChI is InChI=1S/C21H24N4O2S/c1-27-21(26)25-14-5-2-4-13(10-14)17-12-23-18-8-7-15(11-16(17)18)24-20(22)19-6-3-9-28-19/h3,6-9,11-14,23H,2,4-5,10H2,1H3,(H2,22,24)(H,25,26).